The molecule has 0 fully saturated rings. The highest BCUT2D eigenvalue weighted by molar-refractivity contribution is 8.03. The lowest BCUT2D eigenvalue weighted by atomic mass is 10.0. The van der Waals surface area contributed by atoms with E-state index < -0.39 is 0 Å². The van der Waals surface area contributed by atoms with Gasteiger partial charge < -0.3 is 4.90 Å². The number of aryl methyl sites for hydroxylation is 1. The standard InChI is InChI=1S/C44H55N2S2/c1-4-7-8-9-10-11-12-13-14-15-16-17-18-23-34(32-41-45(5-2)43-37-26-21-19-24-35(37)28-30-39(43)47-41)33-42-46(6-3)44-38-27-22-20-25-36(38)29-31-40(44)48-42/h19-22,24-33H,4-18,23H2,1-3H3/q+1. The Labute approximate surface area is 297 Å². The summed E-state index contributed by atoms with van der Waals surface area (Å²) in [6.07, 6.45) is 24.2. The molecule has 0 amide bonds. The molecule has 4 heteroatoms. The van der Waals surface area contributed by atoms with Crippen LogP contribution in [0.2, 0.25) is 0 Å². The lowest BCUT2D eigenvalue weighted by Crippen LogP contribution is -2.33. The maximum atomic E-state index is 2.55. The third-order valence-corrected chi connectivity index (χ3v) is 12.2. The van der Waals surface area contributed by atoms with Gasteiger partial charge in [0.05, 0.1) is 16.1 Å². The van der Waals surface area contributed by atoms with Crippen molar-refractivity contribution in [3.63, 3.8) is 0 Å². The maximum absolute atomic E-state index is 2.55. The molecule has 1 aliphatic rings. The van der Waals surface area contributed by atoms with Crippen LogP contribution >= 0.6 is 23.1 Å². The highest BCUT2D eigenvalue weighted by Crippen LogP contribution is 2.49. The fourth-order valence-corrected chi connectivity index (χ4v) is 9.88. The fraction of sp³-hybridized carbons (Fsp3) is 0.432. The van der Waals surface area contributed by atoms with Gasteiger partial charge in [-0.2, -0.15) is 4.57 Å². The van der Waals surface area contributed by atoms with Gasteiger partial charge in [0, 0.05) is 22.9 Å². The highest BCUT2D eigenvalue weighted by Gasteiger charge is 2.27. The van der Waals surface area contributed by atoms with Crippen LogP contribution in [0.5, 0.6) is 0 Å². The molecule has 2 nitrogen and oxygen atoms in total. The van der Waals surface area contributed by atoms with Crippen molar-refractivity contribution in [1.29, 1.82) is 0 Å². The van der Waals surface area contributed by atoms with Gasteiger partial charge in [-0.1, -0.05) is 162 Å². The van der Waals surface area contributed by atoms with Crippen LogP contribution in [-0.4, -0.2) is 6.54 Å². The van der Waals surface area contributed by atoms with E-state index in [1.807, 2.05) is 23.1 Å². The van der Waals surface area contributed by atoms with Crippen molar-refractivity contribution >= 4 is 66.6 Å². The van der Waals surface area contributed by atoms with Crippen LogP contribution in [0.1, 0.15) is 116 Å². The van der Waals surface area contributed by atoms with Crippen LogP contribution in [-0.2, 0) is 6.54 Å². The number of rotatable bonds is 18. The van der Waals surface area contributed by atoms with E-state index in [1.54, 1.807) is 0 Å². The first kappa shape index (κ1) is 34.8. The van der Waals surface area contributed by atoms with Crippen LogP contribution in [0.15, 0.2) is 94.4 Å². The summed E-state index contributed by atoms with van der Waals surface area (Å²) in [6.45, 7) is 8.83. The molecule has 0 N–H and O–H groups in total. The molecule has 5 aromatic rings. The molecule has 0 saturated heterocycles. The largest absolute Gasteiger partial charge is 0.335 e. The molecule has 48 heavy (non-hydrogen) atoms. The summed E-state index contributed by atoms with van der Waals surface area (Å²) in [5.41, 5.74) is 4.21. The average Bonchev–Trinajstić information content (AvgIpc) is 3.67. The number of fused-ring (bicyclic) bond motifs is 6. The fourth-order valence-electron chi connectivity index (χ4n) is 7.44. The van der Waals surface area contributed by atoms with E-state index in [1.165, 1.54) is 141 Å². The number of anilines is 1. The number of benzene rings is 4. The van der Waals surface area contributed by atoms with E-state index in [9.17, 15) is 0 Å². The molecule has 0 unspecified atom stereocenters. The molecule has 4 aromatic carbocycles. The molecule has 0 atom stereocenters. The number of aromatic nitrogens is 1. The molecule has 0 aliphatic carbocycles. The van der Waals surface area contributed by atoms with E-state index in [-0.39, 0.29) is 0 Å². The van der Waals surface area contributed by atoms with E-state index in [2.05, 4.69) is 115 Å². The van der Waals surface area contributed by atoms with Crippen LogP contribution in [0, 0.1) is 0 Å². The van der Waals surface area contributed by atoms with Crippen molar-refractivity contribution in [2.45, 2.75) is 122 Å². The Kier molecular flexibility index (Phi) is 12.7. The molecular weight excluding hydrogens is 621 g/mol. The van der Waals surface area contributed by atoms with Crippen LogP contribution in [0.4, 0.5) is 5.69 Å². The first-order valence-corrected chi connectivity index (χ1v) is 20.6. The van der Waals surface area contributed by atoms with Gasteiger partial charge in [-0.05, 0) is 67.3 Å². The minimum Gasteiger partial charge on any atom is -0.335 e. The summed E-state index contributed by atoms with van der Waals surface area (Å²) < 4.78 is 3.92. The van der Waals surface area contributed by atoms with Crippen molar-refractivity contribution < 1.29 is 4.57 Å². The number of nitrogens with zero attached hydrogens (tertiary/aromatic N) is 2. The summed E-state index contributed by atoms with van der Waals surface area (Å²) in [5, 5.41) is 8.07. The smallest absolute Gasteiger partial charge is 0.263 e. The zero-order valence-electron chi connectivity index (χ0n) is 29.6. The summed E-state index contributed by atoms with van der Waals surface area (Å²) >= 11 is 3.89. The Balaban J connectivity index is 1.19. The van der Waals surface area contributed by atoms with Crippen molar-refractivity contribution in [2.24, 2.45) is 0 Å². The second kappa shape index (κ2) is 17.5. The Morgan fingerprint density at radius 2 is 1.27 bits per heavy atom. The Hall–Kier alpha value is -3.08. The molecule has 0 saturated carbocycles. The first-order chi connectivity index (χ1) is 23.7. The normalized spacial score (nSPS) is 14.3. The summed E-state index contributed by atoms with van der Waals surface area (Å²) in [4.78, 5) is 3.92. The third kappa shape index (κ3) is 8.20. The minimum absolute atomic E-state index is 0.968. The lowest BCUT2D eigenvalue weighted by Gasteiger charge is -2.20. The predicted octanol–water partition coefficient (Wildman–Crippen LogP) is 13.9. The molecule has 0 radical (unpaired) electrons. The quantitative estimate of drug-likeness (QED) is 0.0674. The Morgan fingerprint density at radius 1 is 0.667 bits per heavy atom. The van der Waals surface area contributed by atoms with Gasteiger partial charge in [0.25, 0.3) is 5.01 Å². The minimum atomic E-state index is 0.968. The van der Waals surface area contributed by atoms with Gasteiger partial charge in [-0.15, -0.1) is 0 Å². The van der Waals surface area contributed by atoms with Gasteiger partial charge >= 0.3 is 0 Å². The topological polar surface area (TPSA) is 7.12 Å². The van der Waals surface area contributed by atoms with E-state index in [0.29, 0.717) is 0 Å². The third-order valence-electron chi connectivity index (χ3n) is 10.0. The first-order valence-electron chi connectivity index (χ1n) is 18.9. The number of thioether (sulfide) groups is 1. The van der Waals surface area contributed by atoms with Crippen LogP contribution in [0.3, 0.4) is 0 Å². The van der Waals surface area contributed by atoms with Gasteiger partial charge in [0.1, 0.15) is 11.2 Å². The van der Waals surface area contributed by atoms with E-state index >= 15 is 0 Å². The number of unbranched alkanes of at least 4 members (excludes halogenated alkanes) is 12. The number of hydrogen-bond acceptors (Lipinski definition) is 3. The summed E-state index contributed by atoms with van der Waals surface area (Å²) in [6, 6.07) is 26.9. The second-order valence-corrected chi connectivity index (χ2v) is 15.6. The predicted molar refractivity (Wildman–Crippen MR) is 214 cm³/mol. The summed E-state index contributed by atoms with van der Waals surface area (Å²) in [5.74, 6) is 0. The average molecular weight is 676 g/mol. The van der Waals surface area contributed by atoms with Gasteiger partial charge in [-0.3, -0.25) is 0 Å². The van der Waals surface area contributed by atoms with Crippen LogP contribution < -0.4 is 9.47 Å². The van der Waals surface area contributed by atoms with Gasteiger partial charge in [0.15, 0.2) is 0 Å². The van der Waals surface area contributed by atoms with Crippen molar-refractivity contribution in [1.82, 2.24) is 0 Å². The molecule has 1 aromatic heterocycles. The number of allylic oxidation sites excluding steroid dienone is 2. The SMILES string of the molecule is CCCCCCCCCCCCCCCC(/C=C1\Sc2ccc3ccccc3c2N1CC)=C\c1sc2ccc3ccccc3c2[n+]1CC. The molecule has 0 spiro atoms. The van der Waals surface area contributed by atoms with Crippen molar-refractivity contribution in [2.75, 3.05) is 11.4 Å². The summed E-state index contributed by atoms with van der Waals surface area (Å²) in [7, 11) is 0. The van der Waals surface area contributed by atoms with E-state index in [0.717, 1.165) is 19.5 Å². The monoisotopic (exact) mass is 675 g/mol. The zero-order valence-corrected chi connectivity index (χ0v) is 31.2. The van der Waals surface area contributed by atoms with Gasteiger partial charge in [-0.25, -0.2) is 0 Å². The Bertz CT molecular complexity index is 1860. The zero-order chi connectivity index (χ0) is 33.1. The molecule has 2 heterocycles. The molecule has 1 aliphatic heterocycles. The number of hydrogen-bond donors (Lipinski definition) is 0. The highest BCUT2D eigenvalue weighted by atomic mass is 32.2. The molecule has 252 valence electrons. The number of thiazole rings is 1. The van der Waals surface area contributed by atoms with E-state index in [4.69, 9.17) is 0 Å². The Morgan fingerprint density at radius 3 is 1.94 bits per heavy atom. The van der Waals surface area contributed by atoms with Crippen LogP contribution in [0.25, 0.3) is 37.8 Å². The second-order valence-electron chi connectivity index (χ2n) is 13.5. The molecule has 6 rings (SSSR count). The maximum Gasteiger partial charge on any atom is 0.263 e. The van der Waals surface area contributed by atoms with Crippen molar-refractivity contribution in [3.8, 4) is 0 Å². The van der Waals surface area contributed by atoms with Crippen molar-refractivity contribution in [3.05, 3.63) is 94.5 Å². The lowest BCUT2D eigenvalue weighted by molar-refractivity contribution is -0.664. The van der Waals surface area contributed by atoms with Gasteiger partial charge in [0.2, 0.25) is 5.52 Å². The molecular formula is C44H55N2S2+. The molecule has 0 bridgehead atoms.